The first-order chi connectivity index (χ1) is 68.9. The van der Waals surface area contributed by atoms with Crippen LogP contribution in [0.25, 0.3) is 257 Å². The highest BCUT2D eigenvalue weighted by molar-refractivity contribution is 7.26. The molecule has 7 aromatic heterocycles. The number of benzene rings is 21. The van der Waals surface area contributed by atoms with Crippen LogP contribution in [0.3, 0.4) is 0 Å². The zero-order valence-corrected chi connectivity index (χ0v) is 76.8. The molecule has 0 aliphatic heterocycles. The lowest BCUT2D eigenvalue weighted by Gasteiger charge is -2.12. The number of fused-ring (bicyclic) bond motifs is 18. The van der Waals surface area contributed by atoms with Crippen molar-refractivity contribution in [2.75, 3.05) is 0 Å². The maximum absolute atomic E-state index is 6.25. The van der Waals surface area contributed by atoms with Gasteiger partial charge in [-0.25, -0.2) is 24.9 Å². The molecule has 139 heavy (non-hydrogen) atoms. The lowest BCUT2D eigenvalue weighted by atomic mass is 9.92. The second kappa shape index (κ2) is 36.1. The van der Waals surface area contributed by atoms with Gasteiger partial charge in [0.1, 0.15) is 22.3 Å². The molecule has 0 amide bonds. The van der Waals surface area contributed by atoms with Gasteiger partial charge < -0.3 is 13.4 Å². The molecule has 0 fully saturated rings. The highest BCUT2D eigenvalue weighted by Gasteiger charge is 2.21. The molecule has 0 saturated heterocycles. The molecule has 0 saturated carbocycles. The Hall–Kier alpha value is -17.9. The van der Waals surface area contributed by atoms with E-state index in [1.807, 2.05) is 150 Å². The molecule has 0 aliphatic carbocycles. The number of aromatic nitrogens is 6. The van der Waals surface area contributed by atoms with Crippen LogP contribution in [0.15, 0.2) is 506 Å². The number of furan rings is 2. The van der Waals surface area contributed by atoms with Gasteiger partial charge in [-0.05, 0) is 150 Å². The monoisotopic (exact) mass is 1810 g/mol. The van der Waals surface area contributed by atoms with Crippen LogP contribution in [0.4, 0.5) is 0 Å². The van der Waals surface area contributed by atoms with Crippen molar-refractivity contribution >= 4 is 150 Å². The molecule has 0 atom stereocenters. The van der Waals surface area contributed by atoms with Gasteiger partial charge in [-0.15, -0.1) is 22.7 Å². The third-order valence-electron chi connectivity index (χ3n) is 26.4. The summed E-state index contributed by atoms with van der Waals surface area (Å²) in [6.07, 6.45) is 0. The van der Waals surface area contributed by atoms with Crippen molar-refractivity contribution in [2.45, 2.75) is 0 Å². The number of hydrogen-bond acceptors (Lipinski definition) is 9. The van der Waals surface area contributed by atoms with E-state index in [0.717, 1.165) is 117 Å². The van der Waals surface area contributed by atoms with Crippen LogP contribution in [0.1, 0.15) is 0 Å². The topological polar surface area (TPSA) is 95.7 Å². The molecule has 0 unspecified atom stereocenters. The molecule has 0 N–H and O–H groups in total. The van der Waals surface area contributed by atoms with Crippen LogP contribution in [0.2, 0.25) is 0 Å². The van der Waals surface area contributed by atoms with E-state index in [9.17, 15) is 0 Å². The number of hydrogen-bond donors (Lipinski definition) is 0. The molecule has 28 rings (SSSR count). The van der Waals surface area contributed by atoms with Gasteiger partial charge in [-0.3, -0.25) is 0 Å². The molecule has 21 aromatic carbocycles. The Labute approximate surface area is 809 Å². The second-order valence-corrected chi connectivity index (χ2v) is 36.9. The van der Waals surface area contributed by atoms with Gasteiger partial charge >= 0.3 is 0 Å². The first-order valence-electron chi connectivity index (χ1n) is 46.7. The van der Waals surface area contributed by atoms with Gasteiger partial charge in [0.2, 0.25) is 0 Å². The first kappa shape index (κ1) is 82.9. The average Bonchev–Trinajstić information content (AvgIpc) is 1.74. The maximum atomic E-state index is 6.25. The minimum atomic E-state index is 0.640. The SMILES string of the molecule is c1ccc(-c2cc(-c3ccccc3)nc(-c3ccc(-c4cccc5c4sc4ccccc45)cc3)n2)cc1.c1ccc(-c2nc(-c3ccccc3)nc(-c3ccc(-c4cccc5c4oc4ccccc45)cc3)n2)cc1.c1ccc2c(c1)cc(-c1ccc(-c3ccc4c(c3)sc3ccccc34)cc1)c1ccccc12.c1ccc2c(c1)oc1cc(-c3ccc(-n4c5ccccc5c5ccccc54)cc3)ccc12. The van der Waals surface area contributed by atoms with Gasteiger partial charge in [0, 0.05) is 117 Å². The largest absolute Gasteiger partial charge is 0.456 e. The van der Waals surface area contributed by atoms with E-state index in [2.05, 4.69) is 375 Å². The zero-order chi connectivity index (χ0) is 92.1. The lowest BCUT2D eigenvalue weighted by molar-refractivity contribution is 0.669. The van der Waals surface area contributed by atoms with Crippen LogP contribution in [0.5, 0.6) is 0 Å². The van der Waals surface area contributed by atoms with Crippen molar-refractivity contribution in [2.24, 2.45) is 0 Å². The van der Waals surface area contributed by atoms with Crippen molar-refractivity contribution in [3.05, 3.63) is 497 Å². The highest BCUT2D eigenvalue weighted by atomic mass is 32.1. The van der Waals surface area contributed by atoms with Gasteiger partial charge in [-0.1, -0.05) is 419 Å². The summed E-state index contributed by atoms with van der Waals surface area (Å²) >= 11 is 3.73. The molecule has 28 aromatic rings. The molecule has 652 valence electrons. The zero-order valence-electron chi connectivity index (χ0n) is 75.2. The summed E-state index contributed by atoms with van der Waals surface area (Å²) in [5.41, 5.74) is 27.1. The van der Waals surface area contributed by atoms with Crippen LogP contribution < -0.4 is 0 Å². The molecular formula is C129H82N6O2S2. The van der Waals surface area contributed by atoms with Crippen LogP contribution in [-0.4, -0.2) is 29.5 Å². The van der Waals surface area contributed by atoms with E-state index < -0.39 is 0 Å². The summed E-state index contributed by atoms with van der Waals surface area (Å²) in [5, 5.41) is 17.7. The summed E-state index contributed by atoms with van der Waals surface area (Å²) in [6, 6.07) is 174. The third kappa shape index (κ3) is 15.9. The molecule has 0 radical (unpaired) electrons. The van der Waals surface area contributed by atoms with Crippen LogP contribution in [-0.2, 0) is 0 Å². The fourth-order valence-corrected chi connectivity index (χ4v) is 21.9. The van der Waals surface area contributed by atoms with Crippen molar-refractivity contribution in [3.63, 3.8) is 0 Å². The van der Waals surface area contributed by atoms with Crippen LogP contribution in [0, 0.1) is 0 Å². The molecular weight excluding hydrogens is 1730 g/mol. The standard InChI is InChI=1S/C34H22N2S.C33H21N3O.C32H20S.C30H19NO/c1-3-10-24(11-4-1)30-22-31(25-12-5-2-6-13-25)36-34(35-30)26-20-18-23(19-21-26)27-15-9-16-29-28-14-7-8-17-32(28)37-33(27)29;1-3-10-23(11-4-1)31-34-32(24-12-5-2-6-13-24)36-33(35-31)25-20-18-22(19-21-25)26-15-9-16-28-27-14-7-8-17-29(27)37-30(26)28;1-2-8-25-24(7-1)19-30(27-10-4-3-9-26(25)27)22-15-13-21(14-16-22)23-17-18-29-28-11-5-6-12-31(28)33-32(29)20-23;1-4-10-27-23(7-1)24-8-2-5-11-28(24)31(27)22-16-13-20(14-17-22)21-15-18-26-25-9-3-6-12-29(25)32-30(26)19-21/h1-22H;1-21H;1-20H;1-19H. The number of rotatable bonds is 12. The van der Waals surface area contributed by atoms with Crippen LogP contribution >= 0.6 is 22.7 Å². The van der Waals surface area contributed by atoms with Crippen molar-refractivity contribution < 1.29 is 8.83 Å². The molecule has 0 bridgehead atoms. The first-order valence-corrected chi connectivity index (χ1v) is 48.3. The second-order valence-electron chi connectivity index (χ2n) is 34.8. The Morgan fingerprint density at radius 1 is 0.180 bits per heavy atom. The minimum absolute atomic E-state index is 0.640. The van der Waals surface area contributed by atoms with Gasteiger partial charge in [0.25, 0.3) is 0 Å². The summed E-state index contributed by atoms with van der Waals surface area (Å²) < 4.78 is 20.0. The molecule has 8 nitrogen and oxygen atoms in total. The maximum Gasteiger partial charge on any atom is 0.164 e. The summed E-state index contributed by atoms with van der Waals surface area (Å²) in [5.74, 6) is 2.68. The molecule has 10 heteroatoms. The third-order valence-corrected chi connectivity index (χ3v) is 28.7. The number of para-hydroxylation sites is 5. The quantitative estimate of drug-likeness (QED) is 0.112. The van der Waals surface area contributed by atoms with E-state index in [1.54, 1.807) is 0 Å². The Morgan fingerprint density at radius 3 is 1.13 bits per heavy atom. The lowest BCUT2D eigenvalue weighted by Crippen LogP contribution is -2.00. The molecule has 0 spiro atoms. The molecule has 0 aliphatic rings. The van der Waals surface area contributed by atoms with E-state index in [4.69, 9.17) is 33.8 Å². The normalized spacial score (nSPS) is 11.5. The summed E-state index contributed by atoms with van der Waals surface area (Å²) in [7, 11) is 0. The smallest absolute Gasteiger partial charge is 0.164 e. The summed E-state index contributed by atoms with van der Waals surface area (Å²) in [4.78, 5) is 24.4. The fraction of sp³-hybridized carbons (Fsp3) is 0. The van der Waals surface area contributed by atoms with E-state index in [0.29, 0.717) is 17.5 Å². The number of thiophene rings is 2. The highest BCUT2D eigenvalue weighted by Crippen LogP contribution is 2.45. The van der Waals surface area contributed by atoms with Crippen molar-refractivity contribution in [1.82, 2.24) is 29.5 Å². The van der Waals surface area contributed by atoms with Gasteiger partial charge in [0.15, 0.2) is 23.3 Å². The van der Waals surface area contributed by atoms with Crippen molar-refractivity contribution in [3.8, 4) is 129 Å². The van der Waals surface area contributed by atoms with Crippen molar-refractivity contribution in [1.29, 1.82) is 0 Å². The predicted octanol–water partition coefficient (Wildman–Crippen LogP) is 36.0. The van der Waals surface area contributed by atoms with Gasteiger partial charge in [0.05, 0.1) is 22.4 Å². The number of nitrogens with zero attached hydrogens (tertiary/aromatic N) is 6. The van der Waals surface area contributed by atoms with E-state index in [-0.39, 0.29) is 0 Å². The molecule has 7 heterocycles. The Kier molecular flexibility index (Phi) is 21.6. The Balaban J connectivity index is 0.0000000982. The van der Waals surface area contributed by atoms with E-state index >= 15 is 0 Å². The predicted molar refractivity (Wildman–Crippen MR) is 584 cm³/mol. The fourth-order valence-electron chi connectivity index (χ4n) is 19.5. The summed E-state index contributed by atoms with van der Waals surface area (Å²) in [6.45, 7) is 0. The Morgan fingerprint density at radius 2 is 0.547 bits per heavy atom. The van der Waals surface area contributed by atoms with Gasteiger partial charge in [-0.2, -0.15) is 0 Å². The Bertz CT molecular complexity index is 9040. The average molecular weight is 1810 g/mol. The van der Waals surface area contributed by atoms with E-state index in [1.165, 1.54) is 123 Å². The minimum Gasteiger partial charge on any atom is -0.456 e.